The molecule has 2 nitrogen and oxygen atoms in total. The Kier molecular flexibility index (Phi) is 6.07. The van der Waals surface area contributed by atoms with Gasteiger partial charge in [-0.15, -0.1) is 0 Å². The van der Waals surface area contributed by atoms with Crippen LogP contribution in [0.25, 0.3) is 0 Å². The van der Waals surface area contributed by atoms with E-state index in [1.165, 1.54) is 0 Å². The van der Waals surface area contributed by atoms with E-state index in [-0.39, 0.29) is 51.4 Å². The Balaban J connectivity index is 0.000001000. The second-order valence-corrected chi connectivity index (χ2v) is 3.04. The molecule has 0 aliphatic rings. The second-order valence-electron chi connectivity index (χ2n) is 2.07. The van der Waals surface area contributed by atoms with E-state index in [1.807, 2.05) is 13.0 Å². The van der Waals surface area contributed by atoms with Gasteiger partial charge in [0.1, 0.15) is 0 Å². The van der Waals surface area contributed by atoms with Gasteiger partial charge < -0.3 is 4.55 Å². The Hall–Kier alpha value is 0.966. The van der Waals surface area contributed by atoms with Crippen LogP contribution in [0.5, 0.6) is 0 Å². The van der Waals surface area contributed by atoms with Crippen LogP contribution in [0.15, 0.2) is 29.2 Å². The Morgan fingerprint density at radius 2 is 2.09 bits per heavy atom. The number of hydrogen-bond donors (Lipinski definition) is 1. The summed E-state index contributed by atoms with van der Waals surface area (Å²) in [6.07, 6.45) is 0. The van der Waals surface area contributed by atoms with Gasteiger partial charge in [-0.3, -0.25) is 0 Å². The Bertz CT molecular complexity index is 262. The van der Waals surface area contributed by atoms with Gasteiger partial charge in [0.05, 0.1) is 4.90 Å². The molecule has 1 N–H and O–H groups in total. The molecule has 1 rings (SSSR count). The molecular weight excluding hydrogens is 187 g/mol. The molecule has 0 aromatic heterocycles. The summed E-state index contributed by atoms with van der Waals surface area (Å²) < 4.78 is 19.1. The molecule has 11 heavy (non-hydrogen) atoms. The molecule has 0 spiro atoms. The molecule has 4 heteroatoms. The zero-order valence-corrected chi connectivity index (χ0v) is 10.5. The fraction of sp³-hybridized carbons (Fsp3) is 0.143. The first kappa shape index (κ1) is 12.0. The number of benzene rings is 1. The van der Waals surface area contributed by atoms with E-state index in [0.29, 0.717) is 4.90 Å². The first-order valence-corrected chi connectivity index (χ1v) is 3.98. The van der Waals surface area contributed by atoms with Gasteiger partial charge in [-0.1, -0.05) is 12.1 Å². The fourth-order valence-corrected chi connectivity index (χ4v) is 1.21. The van der Waals surface area contributed by atoms with Crippen LogP contribution in [0.2, 0.25) is 0 Å². The number of aryl methyl sites for hydroxylation is 1. The van der Waals surface area contributed by atoms with Crippen molar-refractivity contribution in [3.05, 3.63) is 29.8 Å². The van der Waals surface area contributed by atoms with Crippen LogP contribution in [0.3, 0.4) is 0 Å². The largest absolute Gasteiger partial charge is 0.302 e. The smallest absolute Gasteiger partial charge is 0.186 e. The summed E-state index contributed by atoms with van der Waals surface area (Å²) >= 11 is -1.84. The van der Waals surface area contributed by atoms with E-state index in [4.69, 9.17) is 4.55 Å². The second kappa shape index (κ2) is 5.58. The Labute approximate surface area is 111 Å². The molecule has 0 aliphatic carbocycles. The third-order valence-corrected chi connectivity index (χ3v) is 1.85. The normalized spacial score (nSPS) is 11.8. The summed E-state index contributed by atoms with van der Waals surface area (Å²) in [6.45, 7) is 1.89. The molecule has 55 valence electrons. The van der Waals surface area contributed by atoms with Crippen LogP contribution in [0, 0.1) is 6.92 Å². The van der Waals surface area contributed by atoms with Crippen molar-refractivity contribution in [1.29, 1.82) is 0 Å². The van der Waals surface area contributed by atoms with Gasteiger partial charge in [-0.05, 0) is 24.6 Å². The van der Waals surface area contributed by atoms with E-state index in [1.54, 1.807) is 18.2 Å². The molecule has 0 saturated heterocycles. The monoisotopic (exact) mass is 195 g/mol. The number of hydrogen-bond acceptors (Lipinski definition) is 1. The van der Waals surface area contributed by atoms with Crippen molar-refractivity contribution in [2.45, 2.75) is 11.8 Å². The first-order chi connectivity index (χ1) is 4.70. The minimum Gasteiger partial charge on any atom is -0.302 e. The molecule has 1 radical (unpaired) electrons. The van der Waals surface area contributed by atoms with Gasteiger partial charge >= 0.3 is 0 Å². The van der Waals surface area contributed by atoms with E-state index < -0.39 is 11.1 Å². The van der Waals surface area contributed by atoms with Gasteiger partial charge in [-0.25, -0.2) is 4.21 Å². The minimum absolute atomic E-state index is 0. The molecule has 1 unspecified atom stereocenters. The van der Waals surface area contributed by atoms with Crippen LogP contribution in [0.1, 0.15) is 5.56 Å². The van der Waals surface area contributed by atoms with E-state index in [0.717, 1.165) is 5.56 Å². The summed E-state index contributed by atoms with van der Waals surface area (Å²) in [5.41, 5.74) is 1.000. The SMILES string of the molecule is Cc1cccc(S(=O)O)c1.[K]. The molecule has 0 fully saturated rings. The number of rotatable bonds is 1. The fourth-order valence-electron chi connectivity index (χ4n) is 0.724. The molecule has 0 amide bonds. The van der Waals surface area contributed by atoms with Crippen molar-refractivity contribution in [2.75, 3.05) is 0 Å². The molecular formula is C7H8KO2S. The molecule has 0 heterocycles. The topological polar surface area (TPSA) is 37.3 Å². The van der Waals surface area contributed by atoms with Crippen molar-refractivity contribution in [3.63, 3.8) is 0 Å². The molecule has 1 atom stereocenters. The summed E-state index contributed by atoms with van der Waals surface area (Å²) in [5, 5.41) is 0. The van der Waals surface area contributed by atoms with Crippen molar-refractivity contribution in [2.24, 2.45) is 0 Å². The Morgan fingerprint density at radius 1 is 1.45 bits per heavy atom. The zero-order valence-electron chi connectivity index (χ0n) is 6.57. The maximum Gasteiger partial charge on any atom is 0.186 e. The summed E-state index contributed by atoms with van der Waals surface area (Å²) in [6, 6.07) is 6.97. The predicted molar refractivity (Wildman–Crippen MR) is 46.0 cm³/mol. The van der Waals surface area contributed by atoms with Crippen molar-refractivity contribution in [1.82, 2.24) is 0 Å². The van der Waals surface area contributed by atoms with Crippen LogP contribution in [0.4, 0.5) is 0 Å². The van der Waals surface area contributed by atoms with Crippen LogP contribution in [-0.4, -0.2) is 60.1 Å². The van der Waals surface area contributed by atoms with Crippen LogP contribution >= 0.6 is 0 Å². The van der Waals surface area contributed by atoms with Crippen LogP contribution in [-0.2, 0) is 11.1 Å². The van der Waals surface area contributed by atoms with Crippen molar-refractivity contribution in [3.8, 4) is 0 Å². The third-order valence-electron chi connectivity index (χ3n) is 1.19. The first-order valence-electron chi connectivity index (χ1n) is 2.87. The molecule has 1 aromatic carbocycles. The molecule has 0 saturated carbocycles. The standard InChI is InChI=1S/C7H8O2S.K/c1-6-3-2-4-7(5-6)10(8)9;/h2-5H,1H3,(H,8,9);. The average molecular weight is 195 g/mol. The maximum atomic E-state index is 10.5. The van der Waals surface area contributed by atoms with Gasteiger partial charge in [0.2, 0.25) is 0 Å². The van der Waals surface area contributed by atoms with E-state index in [2.05, 4.69) is 0 Å². The van der Waals surface area contributed by atoms with Gasteiger partial charge in [-0.2, -0.15) is 0 Å². The molecule has 0 bridgehead atoms. The third kappa shape index (κ3) is 3.94. The summed E-state index contributed by atoms with van der Waals surface area (Å²) in [4.78, 5) is 0.458. The van der Waals surface area contributed by atoms with E-state index in [9.17, 15) is 4.21 Å². The summed E-state index contributed by atoms with van der Waals surface area (Å²) in [7, 11) is 0. The maximum absolute atomic E-state index is 10.5. The Morgan fingerprint density at radius 3 is 2.45 bits per heavy atom. The molecule has 0 aliphatic heterocycles. The minimum atomic E-state index is -1.84. The van der Waals surface area contributed by atoms with Crippen LogP contribution < -0.4 is 0 Å². The molecule has 1 aromatic rings. The van der Waals surface area contributed by atoms with Gasteiger partial charge in [0.25, 0.3) is 0 Å². The predicted octanol–water partition coefficient (Wildman–Crippen LogP) is 1.19. The van der Waals surface area contributed by atoms with Crippen molar-refractivity contribution < 1.29 is 8.76 Å². The van der Waals surface area contributed by atoms with Crippen molar-refractivity contribution >= 4 is 62.5 Å². The average Bonchev–Trinajstić information content (AvgIpc) is 1.88. The van der Waals surface area contributed by atoms with Gasteiger partial charge in [0.15, 0.2) is 11.1 Å². The van der Waals surface area contributed by atoms with Gasteiger partial charge in [0, 0.05) is 51.4 Å². The quantitative estimate of drug-likeness (QED) is 0.540. The zero-order chi connectivity index (χ0) is 7.56. The summed E-state index contributed by atoms with van der Waals surface area (Å²) in [5.74, 6) is 0. The van der Waals surface area contributed by atoms with E-state index >= 15 is 0 Å².